The quantitative estimate of drug-likeness (QED) is 0.559. The third-order valence-corrected chi connectivity index (χ3v) is 2.21. The molecule has 1 amide bonds. The zero-order valence-electron chi connectivity index (χ0n) is 9.22. The molecule has 2 aromatic heterocycles. The minimum Gasteiger partial charge on any atom is -0.322 e. The van der Waals surface area contributed by atoms with Gasteiger partial charge in [0, 0.05) is 24.3 Å². The van der Waals surface area contributed by atoms with E-state index in [1.54, 1.807) is 12.1 Å². The van der Waals surface area contributed by atoms with Crippen LogP contribution in [0.25, 0.3) is 0 Å². The van der Waals surface area contributed by atoms with Crippen LogP contribution in [0.15, 0.2) is 36.8 Å². The van der Waals surface area contributed by atoms with Crippen molar-refractivity contribution in [2.24, 2.45) is 5.84 Å². The topological polar surface area (TPSA) is 92.9 Å². The minimum absolute atomic E-state index is 0.144. The summed E-state index contributed by atoms with van der Waals surface area (Å²) in [5.41, 5.74) is 2.46. The van der Waals surface area contributed by atoms with Gasteiger partial charge in [-0.2, -0.15) is 0 Å². The summed E-state index contributed by atoms with van der Waals surface area (Å²) in [6, 6.07) is 4.46. The lowest BCUT2D eigenvalue weighted by Gasteiger charge is -2.07. The molecule has 0 saturated heterocycles. The Labute approximate surface area is 102 Å². The van der Waals surface area contributed by atoms with Gasteiger partial charge in [-0.1, -0.05) is 0 Å². The highest BCUT2D eigenvalue weighted by Crippen LogP contribution is 2.15. The largest absolute Gasteiger partial charge is 0.322 e. The van der Waals surface area contributed by atoms with Gasteiger partial charge < -0.3 is 10.7 Å². The fourth-order valence-corrected chi connectivity index (χ4v) is 1.35. The van der Waals surface area contributed by atoms with E-state index in [9.17, 15) is 9.18 Å². The van der Waals surface area contributed by atoms with E-state index in [0.717, 1.165) is 0 Å². The van der Waals surface area contributed by atoms with Crippen molar-refractivity contribution in [3.8, 4) is 0 Å². The molecule has 0 radical (unpaired) electrons. The molecule has 4 N–H and O–H groups in total. The zero-order valence-corrected chi connectivity index (χ0v) is 9.22. The molecule has 2 rings (SSSR count). The van der Waals surface area contributed by atoms with Crippen molar-refractivity contribution in [1.82, 2.24) is 9.97 Å². The van der Waals surface area contributed by atoms with Crippen LogP contribution < -0.4 is 16.6 Å². The maximum absolute atomic E-state index is 13.7. The van der Waals surface area contributed by atoms with E-state index >= 15 is 0 Å². The molecule has 18 heavy (non-hydrogen) atoms. The Bertz CT molecular complexity index is 561. The van der Waals surface area contributed by atoms with Crippen molar-refractivity contribution in [3.63, 3.8) is 0 Å². The van der Waals surface area contributed by atoms with E-state index in [2.05, 4.69) is 20.7 Å². The van der Waals surface area contributed by atoms with Crippen LogP contribution in [0, 0.1) is 5.82 Å². The van der Waals surface area contributed by atoms with E-state index in [-0.39, 0.29) is 11.4 Å². The van der Waals surface area contributed by atoms with Gasteiger partial charge in [-0.05, 0) is 18.2 Å². The number of halogens is 1. The van der Waals surface area contributed by atoms with Crippen molar-refractivity contribution in [2.45, 2.75) is 0 Å². The molecule has 0 atom stereocenters. The average Bonchev–Trinajstić information content (AvgIpc) is 2.40. The number of pyridine rings is 2. The number of amides is 1. The number of aromatic nitrogens is 2. The smallest absolute Gasteiger partial charge is 0.258 e. The summed E-state index contributed by atoms with van der Waals surface area (Å²) in [5.74, 6) is 3.51. The van der Waals surface area contributed by atoms with E-state index in [4.69, 9.17) is 5.84 Å². The summed E-state index contributed by atoms with van der Waals surface area (Å²) in [4.78, 5) is 19.3. The number of nitrogens with one attached hydrogen (secondary N) is 2. The third-order valence-electron chi connectivity index (χ3n) is 2.21. The van der Waals surface area contributed by atoms with Crippen molar-refractivity contribution in [1.29, 1.82) is 0 Å². The summed E-state index contributed by atoms with van der Waals surface area (Å²) < 4.78 is 13.7. The molecule has 0 aliphatic carbocycles. The van der Waals surface area contributed by atoms with Gasteiger partial charge in [-0.25, -0.2) is 15.2 Å². The number of nitrogen functional groups attached to an aromatic ring is 1. The van der Waals surface area contributed by atoms with Crippen LogP contribution in [0.1, 0.15) is 10.4 Å². The Morgan fingerprint density at radius 3 is 2.61 bits per heavy atom. The van der Waals surface area contributed by atoms with Crippen molar-refractivity contribution >= 4 is 17.4 Å². The Hall–Kier alpha value is -2.54. The SMILES string of the molecule is NNc1nccc(C(=O)Nc2ccncc2)c1F. The molecule has 0 unspecified atom stereocenters. The molecule has 2 aromatic rings. The van der Waals surface area contributed by atoms with Crippen LogP contribution in [0.5, 0.6) is 0 Å². The van der Waals surface area contributed by atoms with Gasteiger partial charge in [0.15, 0.2) is 11.6 Å². The zero-order chi connectivity index (χ0) is 13.0. The van der Waals surface area contributed by atoms with Gasteiger partial charge in [-0.3, -0.25) is 9.78 Å². The van der Waals surface area contributed by atoms with Gasteiger partial charge in [0.05, 0.1) is 5.56 Å². The average molecular weight is 247 g/mol. The first-order chi connectivity index (χ1) is 8.72. The Morgan fingerprint density at radius 1 is 1.22 bits per heavy atom. The van der Waals surface area contributed by atoms with Crippen LogP contribution in [-0.2, 0) is 0 Å². The number of anilines is 2. The summed E-state index contributed by atoms with van der Waals surface area (Å²) in [6.45, 7) is 0. The van der Waals surface area contributed by atoms with Gasteiger partial charge in [0.1, 0.15) is 0 Å². The number of nitrogens with two attached hydrogens (primary N) is 1. The summed E-state index contributed by atoms with van der Waals surface area (Å²) in [6.07, 6.45) is 4.33. The molecule has 0 aliphatic heterocycles. The number of carbonyl (C=O) groups is 1. The fourth-order valence-electron chi connectivity index (χ4n) is 1.35. The van der Waals surface area contributed by atoms with Gasteiger partial charge in [0.2, 0.25) is 0 Å². The first-order valence-corrected chi connectivity index (χ1v) is 5.05. The predicted molar refractivity (Wildman–Crippen MR) is 64.2 cm³/mol. The highest BCUT2D eigenvalue weighted by Gasteiger charge is 2.15. The van der Waals surface area contributed by atoms with E-state index in [1.807, 2.05) is 0 Å². The molecule has 6 nitrogen and oxygen atoms in total. The lowest BCUT2D eigenvalue weighted by Crippen LogP contribution is -2.17. The number of hydrogen-bond donors (Lipinski definition) is 3. The third kappa shape index (κ3) is 2.41. The molecule has 0 saturated carbocycles. The molecule has 0 aliphatic rings. The van der Waals surface area contributed by atoms with E-state index in [1.165, 1.54) is 24.7 Å². The monoisotopic (exact) mass is 247 g/mol. The number of carbonyl (C=O) groups excluding carboxylic acids is 1. The minimum atomic E-state index is -0.799. The molecule has 92 valence electrons. The summed E-state index contributed by atoms with van der Waals surface area (Å²) in [7, 11) is 0. The van der Waals surface area contributed by atoms with Crippen molar-refractivity contribution < 1.29 is 9.18 Å². The van der Waals surface area contributed by atoms with Crippen LogP contribution in [0.4, 0.5) is 15.9 Å². The molecule has 7 heteroatoms. The van der Waals surface area contributed by atoms with Gasteiger partial charge >= 0.3 is 0 Å². The standard InChI is InChI=1S/C11H10FN5O/c12-9-8(3-6-15-10(9)17-13)11(18)16-7-1-4-14-5-2-7/h1-6H,13H2,(H,15,17)(H,14,16,18). The van der Waals surface area contributed by atoms with Gasteiger partial charge in [0.25, 0.3) is 5.91 Å². The second-order valence-corrected chi connectivity index (χ2v) is 3.36. The van der Waals surface area contributed by atoms with Crippen molar-refractivity contribution in [3.05, 3.63) is 48.2 Å². The summed E-state index contributed by atoms with van der Waals surface area (Å²) in [5, 5.41) is 2.54. The van der Waals surface area contributed by atoms with Crippen LogP contribution in [0.3, 0.4) is 0 Å². The highest BCUT2D eigenvalue weighted by molar-refractivity contribution is 6.04. The van der Waals surface area contributed by atoms with Crippen molar-refractivity contribution in [2.75, 3.05) is 10.7 Å². The Kier molecular flexibility index (Phi) is 3.44. The molecule has 0 spiro atoms. The first kappa shape index (κ1) is 11.9. The van der Waals surface area contributed by atoms with E-state index in [0.29, 0.717) is 5.69 Å². The summed E-state index contributed by atoms with van der Waals surface area (Å²) >= 11 is 0. The maximum atomic E-state index is 13.7. The first-order valence-electron chi connectivity index (χ1n) is 5.05. The molecule has 0 bridgehead atoms. The molecular weight excluding hydrogens is 237 g/mol. The fraction of sp³-hybridized carbons (Fsp3) is 0. The number of hydrogen-bond acceptors (Lipinski definition) is 5. The maximum Gasteiger partial charge on any atom is 0.258 e. The van der Waals surface area contributed by atoms with Crippen LogP contribution >= 0.6 is 0 Å². The number of hydrazine groups is 1. The second kappa shape index (κ2) is 5.19. The van der Waals surface area contributed by atoms with Gasteiger partial charge in [-0.15, -0.1) is 0 Å². The Morgan fingerprint density at radius 2 is 1.94 bits per heavy atom. The normalized spacial score (nSPS) is 9.89. The van der Waals surface area contributed by atoms with Crippen LogP contribution in [-0.4, -0.2) is 15.9 Å². The molecule has 2 heterocycles. The van der Waals surface area contributed by atoms with Crippen LogP contribution in [0.2, 0.25) is 0 Å². The number of rotatable bonds is 3. The molecule has 0 aromatic carbocycles. The lowest BCUT2D eigenvalue weighted by molar-refractivity contribution is 0.102. The van der Waals surface area contributed by atoms with E-state index < -0.39 is 11.7 Å². The number of nitrogens with zero attached hydrogens (tertiary/aromatic N) is 2. The molecular formula is C11H10FN5O. The molecule has 0 fully saturated rings. The Balaban J connectivity index is 2.24. The lowest BCUT2D eigenvalue weighted by atomic mass is 10.2. The highest BCUT2D eigenvalue weighted by atomic mass is 19.1. The second-order valence-electron chi connectivity index (χ2n) is 3.36. The predicted octanol–water partition coefficient (Wildman–Crippen LogP) is 1.15.